The summed E-state index contributed by atoms with van der Waals surface area (Å²) in [6, 6.07) is 2.04. The molecule has 5 rings (SSSR count). The molecule has 4 bridgehead atoms. The van der Waals surface area contributed by atoms with Crippen molar-refractivity contribution >= 4 is 39.4 Å². The number of esters is 1. The average molecular weight is 691 g/mol. The summed E-state index contributed by atoms with van der Waals surface area (Å²) in [6.07, 6.45) is 12.0. The van der Waals surface area contributed by atoms with E-state index >= 15 is 0 Å². The molecule has 3 heterocycles. The quantitative estimate of drug-likeness (QED) is 0.222. The number of aliphatic hydroxyl groups excluding tert-OH is 1. The number of carbonyl (C=O) groups is 2. The molecule has 0 unspecified atom stereocenters. The van der Waals surface area contributed by atoms with Crippen LogP contribution in [0, 0.1) is 11.8 Å². The van der Waals surface area contributed by atoms with Crippen molar-refractivity contribution in [2.45, 2.75) is 128 Å². The summed E-state index contributed by atoms with van der Waals surface area (Å²) in [5.41, 5.74) is 8.87. The van der Waals surface area contributed by atoms with Gasteiger partial charge < -0.3 is 35.6 Å². The molecule has 1 amide bonds. The van der Waals surface area contributed by atoms with Crippen LogP contribution in [0.4, 0.5) is 0 Å². The number of nitrogens with zero attached hydrogens (tertiary/aromatic N) is 2. The number of hydrogen-bond donors (Lipinski definition) is 4. The molecule has 1 aliphatic carbocycles. The molecule has 5 N–H and O–H groups in total. The number of rotatable bonds is 1. The van der Waals surface area contributed by atoms with Crippen molar-refractivity contribution in [2.75, 3.05) is 24.7 Å². The first kappa shape index (κ1) is 36.0. The molecule has 1 aromatic carbocycles. The van der Waals surface area contributed by atoms with E-state index in [1.807, 2.05) is 11.0 Å². The fourth-order valence-corrected chi connectivity index (χ4v) is 9.46. The zero-order valence-corrected chi connectivity index (χ0v) is 29.6. The number of aliphatic hydroxyl groups is 1. The van der Waals surface area contributed by atoms with Crippen molar-refractivity contribution < 1.29 is 29.3 Å². The van der Waals surface area contributed by atoms with E-state index in [9.17, 15) is 19.8 Å². The van der Waals surface area contributed by atoms with Crippen LogP contribution in [0.15, 0.2) is 11.1 Å². The normalized spacial score (nSPS) is 29.0. The number of ether oxygens (including phenoxy) is 2. The predicted octanol–water partition coefficient (Wildman–Crippen LogP) is 5.45. The summed E-state index contributed by atoms with van der Waals surface area (Å²) >= 11 is 0. The van der Waals surface area contributed by atoms with Crippen molar-refractivity contribution in [3.63, 3.8) is 0 Å². The lowest BCUT2D eigenvalue weighted by Gasteiger charge is -2.24. The topological polar surface area (TPSA) is 147 Å². The van der Waals surface area contributed by atoms with Crippen molar-refractivity contribution in [2.24, 2.45) is 22.6 Å². The number of aryl methyl sites for hydroxylation is 1. The summed E-state index contributed by atoms with van der Waals surface area (Å²) in [6.45, 7) is 3.01. The summed E-state index contributed by atoms with van der Waals surface area (Å²) in [7, 11) is 3.49. The van der Waals surface area contributed by atoms with Crippen LogP contribution in [0.3, 0.4) is 0 Å². The Labute approximate surface area is 287 Å². The number of benzene rings is 1. The van der Waals surface area contributed by atoms with E-state index in [0.29, 0.717) is 80.8 Å². The molecule has 0 radical (unpaired) electrons. The Morgan fingerprint density at radius 1 is 1.06 bits per heavy atom. The first-order chi connectivity index (χ1) is 22.8. The number of nitrogens with two attached hydrogens (primary N) is 1. The summed E-state index contributed by atoms with van der Waals surface area (Å²) in [4.78, 5) is 31.5. The lowest BCUT2D eigenvalue weighted by molar-refractivity contribution is -0.148. The molecule has 262 valence electrons. The van der Waals surface area contributed by atoms with E-state index in [1.54, 1.807) is 21.6 Å². The third-order valence-electron chi connectivity index (χ3n) is 10.2. The van der Waals surface area contributed by atoms with Crippen molar-refractivity contribution in [3.05, 3.63) is 22.8 Å². The molecule has 10 nitrogen and oxygen atoms in total. The van der Waals surface area contributed by atoms with Gasteiger partial charge >= 0.3 is 5.97 Å². The highest BCUT2D eigenvalue weighted by Crippen LogP contribution is 2.45. The Balaban J connectivity index is 1.36. The second-order valence-corrected chi connectivity index (χ2v) is 16.3. The van der Waals surface area contributed by atoms with Crippen LogP contribution in [0.1, 0.15) is 107 Å². The number of amides is 1. The van der Waals surface area contributed by atoms with Gasteiger partial charge in [0.2, 0.25) is 5.91 Å². The number of aromatic hydroxyl groups is 1. The van der Waals surface area contributed by atoms with E-state index < -0.39 is 12.2 Å². The van der Waals surface area contributed by atoms with Gasteiger partial charge in [-0.25, -0.2) is 4.99 Å². The highest BCUT2D eigenvalue weighted by Gasteiger charge is 2.36. The van der Waals surface area contributed by atoms with Crippen molar-refractivity contribution in [1.29, 1.82) is 0 Å². The van der Waals surface area contributed by atoms with Crippen molar-refractivity contribution in [3.8, 4) is 11.5 Å². The average Bonchev–Trinajstić information content (AvgIpc) is 3.57. The number of guanidine groups is 1. The highest BCUT2D eigenvalue weighted by molar-refractivity contribution is 8.76. The zero-order valence-electron chi connectivity index (χ0n) is 27.9. The van der Waals surface area contributed by atoms with Gasteiger partial charge in [0.25, 0.3) is 0 Å². The molecule has 12 heteroatoms. The van der Waals surface area contributed by atoms with Gasteiger partial charge in [-0.15, -0.1) is 0 Å². The minimum absolute atomic E-state index is 0.0824. The number of fused-ring (bicyclic) bond motifs is 7. The minimum Gasteiger partial charge on any atom is -0.504 e. The standard InChI is InChI=1S/C35H54N4O6S2/c1-23(40)44-29-12-10-26-18-27(33(43)34-30(26)13-11-25-7-6-9-31(25)45-34)21-39-20-24(17-32(39)42)14-15-37-35(36)38-22-47-46-16-5-3-2-4-8-28(41)19-29/h18,24-25,28-29,31,41,43H,2-17,19-22H2,1H3,(H3,36,37,38)/t24-,25+,28-,29+,31+/m0/s1. The molecule has 47 heavy (non-hydrogen) atoms. The molecule has 1 saturated heterocycles. The third kappa shape index (κ3) is 10.6. The van der Waals surface area contributed by atoms with Crippen LogP contribution in [0.5, 0.6) is 11.5 Å². The number of hydrogen-bond acceptors (Lipinski definition) is 11. The monoisotopic (exact) mass is 690 g/mol. The number of phenolic OH excluding ortho intramolecular Hbond substituents is 1. The Hall–Kier alpha value is -2.31. The molecule has 4 aliphatic rings. The van der Waals surface area contributed by atoms with Gasteiger partial charge in [-0.1, -0.05) is 40.9 Å². The van der Waals surface area contributed by atoms with Crippen LogP contribution < -0.4 is 15.8 Å². The fraction of sp³-hybridized carbons (Fsp3) is 0.743. The molecule has 2 fully saturated rings. The highest BCUT2D eigenvalue weighted by atomic mass is 33.1. The summed E-state index contributed by atoms with van der Waals surface area (Å²) < 4.78 is 12.3. The first-order valence-corrected chi connectivity index (χ1v) is 20.2. The Bertz CT molecular complexity index is 1250. The largest absolute Gasteiger partial charge is 0.504 e. The van der Waals surface area contributed by atoms with E-state index in [1.165, 1.54) is 6.92 Å². The van der Waals surface area contributed by atoms with E-state index in [4.69, 9.17) is 15.2 Å². The number of nitrogens with one attached hydrogen (secondary N) is 1. The molecule has 3 aliphatic heterocycles. The van der Waals surface area contributed by atoms with Gasteiger partial charge in [-0.05, 0) is 87.7 Å². The second kappa shape index (κ2) is 17.9. The van der Waals surface area contributed by atoms with Crippen LogP contribution >= 0.6 is 21.6 Å². The molecule has 1 aromatic rings. The summed E-state index contributed by atoms with van der Waals surface area (Å²) in [5.74, 6) is 3.20. The van der Waals surface area contributed by atoms with Crippen LogP contribution in [-0.2, 0) is 33.7 Å². The molecular weight excluding hydrogens is 637 g/mol. The lowest BCUT2D eigenvalue weighted by Crippen LogP contribution is -2.33. The van der Waals surface area contributed by atoms with Gasteiger partial charge in [0.15, 0.2) is 17.5 Å². The van der Waals surface area contributed by atoms with Crippen LogP contribution in [0.2, 0.25) is 0 Å². The number of aliphatic imine (C=N–C) groups is 1. The van der Waals surface area contributed by atoms with Gasteiger partial charge in [0.05, 0.1) is 12.0 Å². The third-order valence-corrected chi connectivity index (χ3v) is 12.3. The second-order valence-electron chi connectivity index (χ2n) is 13.8. The molecular formula is C35H54N4O6S2. The number of phenols is 1. The van der Waals surface area contributed by atoms with E-state index in [0.717, 1.165) is 81.1 Å². The fourth-order valence-electron chi connectivity index (χ4n) is 7.66. The first-order valence-electron chi connectivity index (χ1n) is 17.7. The molecule has 0 aromatic heterocycles. The van der Waals surface area contributed by atoms with E-state index in [2.05, 4.69) is 10.3 Å². The summed E-state index contributed by atoms with van der Waals surface area (Å²) in [5, 5.41) is 25.7. The zero-order chi connectivity index (χ0) is 33.2. The number of carbonyl (C=O) groups excluding carboxylic acids is 2. The van der Waals surface area contributed by atoms with Crippen LogP contribution in [0.25, 0.3) is 0 Å². The Morgan fingerprint density at radius 2 is 1.91 bits per heavy atom. The minimum atomic E-state index is -0.538. The van der Waals surface area contributed by atoms with E-state index in [-0.39, 0.29) is 29.6 Å². The lowest BCUT2D eigenvalue weighted by atomic mass is 9.90. The molecule has 1 saturated carbocycles. The van der Waals surface area contributed by atoms with Crippen LogP contribution in [-0.4, -0.2) is 76.0 Å². The molecule has 0 spiro atoms. The van der Waals surface area contributed by atoms with Gasteiger partial charge in [0, 0.05) is 56.3 Å². The molecule has 5 atom stereocenters. The maximum absolute atomic E-state index is 13.1. The van der Waals surface area contributed by atoms with Crippen molar-refractivity contribution in [1.82, 2.24) is 10.2 Å². The maximum atomic E-state index is 13.1. The predicted molar refractivity (Wildman–Crippen MR) is 188 cm³/mol. The SMILES string of the molecule is CC(=O)O[C@@H]1CCc2cc(c(O)c3c2CC[C@H]2CCC[C@H]2O3)CN2C[C@@H](CCNC(N)=NCSSCCCCCC[C@H](O)C1)CC2=O. The van der Waals surface area contributed by atoms with Gasteiger partial charge in [-0.3, -0.25) is 9.59 Å². The maximum Gasteiger partial charge on any atom is 0.302 e. The Kier molecular flexibility index (Phi) is 13.7. The smallest absolute Gasteiger partial charge is 0.302 e. The van der Waals surface area contributed by atoms with Gasteiger partial charge in [0.1, 0.15) is 12.2 Å². The van der Waals surface area contributed by atoms with Gasteiger partial charge in [-0.2, -0.15) is 0 Å². The Morgan fingerprint density at radius 3 is 2.77 bits per heavy atom.